The molecule has 5 heteroatoms. The molecule has 0 aromatic rings. The van der Waals surface area contributed by atoms with E-state index in [1.165, 1.54) is 7.11 Å². The molecule has 0 amide bonds. The number of likely N-dealkylation sites (N-methyl/N-ethyl adjacent to an activating group) is 1. The molecule has 0 fully saturated rings. The highest BCUT2D eigenvalue weighted by Crippen LogP contribution is 2.19. The third kappa shape index (κ3) is 2.26. The number of nitrogens with zero attached hydrogens (tertiary/aromatic N) is 3. The van der Waals surface area contributed by atoms with Gasteiger partial charge in [-0.05, 0) is 20.2 Å². The molecule has 0 saturated heterocycles. The fraction of sp³-hybridized carbons (Fsp3) is 0.500. The van der Waals surface area contributed by atoms with Crippen molar-refractivity contribution in [2.75, 3.05) is 28.3 Å². The van der Waals surface area contributed by atoms with Gasteiger partial charge in [-0.1, -0.05) is 0 Å². The van der Waals surface area contributed by atoms with E-state index >= 15 is 0 Å². The monoisotopic (exact) mass is 209 g/mol. The quantitative estimate of drug-likeness (QED) is 0.507. The molecule has 1 atom stereocenters. The molecule has 1 unspecified atom stereocenters. The van der Waals surface area contributed by atoms with E-state index in [1.807, 2.05) is 25.1 Å². The maximum atomic E-state index is 8.78. The highest BCUT2D eigenvalue weighted by Gasteiger charge is 2.28. The maximum absolute atomic E-state index is 8.78. The van der Waals surface area contributed by atoms with Crippen molar-refractivity contribution >= 4 is 5.71 Å². The van der Waals surface area contributed by atoms with Gasteiger partial charge in [0.25, 0.3) is 0 Å². The fourth-order valence-electron chi connectivity index (χ4n) is 1.44. The number of allylic oxidation sites excluding steroid dienone is 1. The van der Waals surface area contributed by atoms with Crippen LogP contribution in [0.2, 0.25) is 0 Å². The first-order valence-corrected chi connectivity index (χ1v) is 4.54. The Balaban J connectivity index is 3.11. The molecule has 0 heterocycles. The van der Waals surface area contributed by atoms with Crippen LogP contribution < -0.4 is 0 Å². The molecule has 0 saturated carbocycles. The topological polar surface area (TPSA) is 58.1 Å². The molecule has 0 aliphatic heterocycles. The van der Waals surface area contributed by atoms with Crippen molar-refractivity contribution in [1.29, 1.82) is 0 Å². The summed E-state index contributed by atoms with van der Waals surface area (Å²) in [6.45, 7) is 0. The minimum Gasteiger partial charge on any atom is -0.499 e. The van der Waals surface area contributed by atoms with Gasteiger partial charge in [-0.3, -0.25) is 4.90 Å². The summed E-state index contributed by atoms with van der Waals surface area (Å²) in [6, 6.07) is -0.00421. The fourth-order valence-corrected chi connectivity index (χ4v) is 1.44. The van der Waals surface area contributed by atoms with Crippen LogP contribution in [0.25, 0.3) is 5.53 Å². The lowest BCUT2D eigenvalue weighted by molar-refractivity contribution is -0.00767. The SMILES string of the molecule is COC1=CC(N(C)C)C(OC)=CC1=[N+]=[N-]. The summed E-state index contributed by atoms with van der Waals surface area (Å²) < 4.78 is 10.3. The van der Waals surface area contributed by atoms with Gasteiger partial charge in [0.15, 0.2) is 0 Å². The lowest BCUT2D eigenvalue weighted by Crippen LogP contribution is -2.32. The normalized spacial score (nSPS) is 20.6. The van der Waals surface area contributed by atoms with Crippen LogP contribution >= 0.6 is 0 Å². The Morgan fingerprint density at radius 3 is 2.40 bits per heavy atom. The molecule has 0 bridgehead atoms. The van der Waals surface area contributed by atoms with E-state index in [2.05, 4.69) is 4.79 Å². The zero-order chi connectivity index (χ0) is 11.4. The van der Waals surface area contributed by atoms with E-state index in [-0.39, 0.29) is 6.04 Å². The molecule has 0 N–H and O–H groups in total. The number of hydrogen-bond acceptors (Lipinski definition) is 3. The lowest BCUT2D eigenvalue weighted by Gasteiger charge is -2.25. The Hall–Kier alpha value is -1.58. The first-order chi connectivity index (χ1) is 7.13. The molecule has 15 heavy (non-hydrogen) atoms. The minimum absolute atomic E-state index is 0.00421. The second-order valence-electron chi connectivity index (χ2n) is 3.38. The number of rotatable bonds is 3. The van der Waals surface area contributed by atoms with E-state index < -0.39 is 0 Å². The number of ether oxygens (including phenoxy) is 2. The molecule has 5 nitrogen and oxygen atoms in total. The summed E-state index contributed by atoms with van der Waals surface area (Å²) >= 11 is 0. The van der Waals surface area contributed by atoms with E-state index in [9.17, 15) is 0 Å². The largest absolute Gasteiger partial charge is 0.499 e. The summed E-state index contributed by atoms with van der Waals surface area (Å²) in [4.78, 5) is 5.11. The molecule has 0 aromatic carbocycles. The van der Waals surface area contributed by atoms with E-state index in [1.54, 1.807) is 13.2 Å². The Bertz CT molecular complexity index is 352. The smallest absolute Gasteiger partial charge is 0.359 e. The molecular formula is C10H15N3O2. The third-order valence-corrected chi connectivity index (χ3v) is 2.25. The van der Waals surface area contributed by atoms with E-state index in [0.717, 1.165) is 0 Å². The van der Waals surface area contributed by atoms with Gasteiger partial charge in [-0.15, -0.1) is 0 Å². The van der Waals surface area contributed by atoms with Gasteiger partial charge in [-0.25, -0.2) is 0 Å². The van der Waals surface area contributed by atoms with Crippen molar-refractivity contribution in [3.05, 3.63) is 29.2 Å². The summed E-state index contributed by atoms with van der Waals surface area (Å²) in [7, 11) is 6.99. The van der Waals surface area contributed by atoms with Crippen molar-refractivity contribution in [2.24, 2.45) is 0 Å². The zero-order valence-corrected chi connectivity index (χ0v) is 9.39. The Morgan fingerprint density at radius 1 is 1.33 bits per heavy atom. The van der Waals surface area contributed by atoms with Crippen molar-refractivity contribution < 1.29 is 14.3 Å². The van der Waals surface area contributed by atoms with Crippen LogP contribution in [0.3, 0.4) is 0 Å². The van der Waals surface area contributed by atoms with E-state index in [4.69, 9.17) is 15.0 Å². The lowest BCUT2D eigenvalue weighted by atomic mass is 10.0. The maximum Gasteiger partial charge on any atom is 0.359 e. The number of methoxy groups -OCH3 is 2. The highest BCUT2D eigenvalue weighted by molar-refractivity contribution is 6.04. The zero-order valence-electron chi connectivity index (χ0n) is 9.39. The summed E-state index contributed by atoms with van der Waals surface area (Å²) in [5.41, 5.74) is 9.15. The van der Waals surface area contributed by atoms with E-state index in [0.29, 0.717) is 17.2 Å². The van der Waals surface area contributed by atoms with Crippen LogP contribution in [0.5, 0.6) is 0 Å². The molecule has 82 valence electrons. The Morgan fingerprint density at radius 2 is 2.00 bits per heavy atom. The predicted molar refractivity (Wildman–Crippen MR) is 56.3 cm³/mol. The molecule has 1 aliphatic rings. The second kappa shape index (κ2) is 4.77. The van der Waals surface area contributed by atoms with Crippen LogP contribution in [0.4, 0.5) is 0 Å². The predicted octanol–water partition coefficient (Wildman–Crippen LogP) is 0.662. The number of hydrogen-bond donors (Lipinski definition) is 0. The van der Waals surface area contributed by atoms with Crippen LogP contribution in [0.1, 0.15) is 0 Å². The van der Waals surface area contributed by atoms with Gasteiger partial charge in [0, 0.05) is 0 Å². The van der Waals surface area contributed by atoms with Crippen LogP contribution in [-0.2, 0) is 9.47 Å². The highest BCUT2D eigenvalue weighted by atomic mass is 16.5. The molecular weight excluding hydrogens is 194 g/mol. The van der Waals surface area contributed by atoms with Gasteiger partial charge in [0.05, 0.1) is 26.3 Å². The van der Waals surface area contributed by atoms with Gasteiger partial charge < -0.3 is 15.0 Å². The second-order valence-corrected chi connectivity index (χ2v) is 3.38. The van der Waals surface area contributed by atoms with Crippen molar-refractivity contribution in [1.82, 2.24) is 4.90 Å². The molecule has 0 radical (unpaired) electrons. The molecule has 0 aromatic heterocycles. The van der Waals surface area contributed by atoms with Gasteiger partial charge in [-0.2, -0.15) is 4.79 Å². The van der Waals surface area contributed by atoms with Crippen molar-refractivity contribution in [3.8, 4) is 0 Å². The van der Waals surface area contributed by atoms with Crippen molar-refractivity contribution in [2.45, 2.75) is 6.04 Å². The molecule has 1 aliphatic carbocycles. The van der Waals surface area contributed by atoms with Crippen LogP contribution in [-0.4, -0.2) is 49.8 Å². The average Bonchev–Trinajstić information content (AvgIpc) is 2.26. The first-order valence-electron chi connectivity index (χ1n) is 4.54. The van der Waals surface area contributed by atoms with Gasteiger partial charge in [0.2, 0.25) is 5.76 Å². The van der Waals surface area contributed by atoms with Crippen molar-refractivity contribution in [3.63, 3.8) is 0 Å². The average molecular weight is 209 g/mol. The Kier molecular flexibility index (Phi) is 3.66. The van der Waals surface area contributed by atoms with Gasteiger partial charge in [0.1, 0.15) is 5.76 Å². The molecule has 1 rings (SSSR count). The standard InChI is InChI=1S/C10H15N3O2/c1-13(2)8-6-9(14-3)7(12-11)5-10(8)15-4/h5-6,8H,1-4H3. The van der Waals surface area contributed by atoms with Gasteiger partial charge >= 0.3 is 5.71 Å². The van der Waals surface area contributed by atoms with Crippen LogP contribution in [0.15, 0.2) is 23.7 Å². The Labute approximate surface area is 89.2 Å². The summed E-state index contributed by atoms with van der Waals surface area (Å²) in [6.07, 6.45) is 3.50. The molecule has 0 spiro atoms. The van der Waals surface area contributed by atoms with Crippen LogP contribution in [0, 0.1) is 0 Å². The third-order valence-electron chi connectivity index (χ3n) is 2.25. The minimum atomic E-state index is -0.00421. The summed E-state index contributed by atoms with van der Waals surface area (Å²) in [5.74, 6) is 1.26. The first kappa shape index (κ1) is 11.5. The summed E-state index contributed by atoms with van der Waals surface area (Å²) in [5, 5.41) is 0.